The Hall–Kier alpha value is -0.0900. The molecule has 0 radical (unpaired) electrons. The fraction of sp³-hybridized carbons (Fsp3) is 0.733. The van der Waals surface area contributed by atoms with Crippen molar-refractivity contribution in [3.8, 4) is 0 Å². The monoisotopic (exact) mass is 236 g/mol. The topological polar surface area (TPSA) is 0 Å². The van der Waals surface area contributed by atoms with E-state index in [0.717, 1.165) is 28.8 Å². The predicted octanol–water partition coefficient (Wildman–Crippen LogP) is 4.81. The zero-order valence-corrected chi connectivity index (χ0v) is 12.0. The normalized spacial score (nSPS) is 33.1. The van der Waals surface area contributed by atoms with Crippen LogP contribution < -0.4 is 0 Å². The molecular weight excluding hydrogens is 211 g/mol. The summed E-state index contributed by atoms with van der Waals surface area (Å²) in [6.07, 6.45) is 12.3. The molecule has 0 bridgehead atoms. The van der Waals surface area contributed by atoms with Gasteiger partial charge in [0.15, 0.2) is 0 Å². The lowest BCUT2D eigenvalue weighted by molar-refractivity contribution is 0.553. The second-order valence-corrected chi connectivity index (χ2v) is 9.41. The maximum absolute atomic E-state index is 2.49. The smallest absolute Gasteiger partial charge is 0.00994 e. The third kappa shape index (κ3) is 2.28. The Morgan fingerprint density at radius 1 is 0.938 bits per heavy atom. The lowest BCUT2D eigenvalue weighted by Crippen LogP contribution is -2.22. The third-order valence-electron chi connectivity index (χ3n) is 4.11. The van der Waals surface area contributed by atoms with Gasteiger partial charge in [0.1, 0.15) is 0 Å². The van der Waals surface area contributed by atoms with Crippen LogP contribution in [0.25, 0.3) is 0 Å². The Bertz CT molecular complexity index is 280. The Balaban J connectivity index is 2.15. The zero-order chi connectivity index (χ0) is 11.7. The van der Waals surface area contributed by atoms with E-state index < -0.39 is 0 Å². The van der Waals surface area contributed by atoms with E-state index in [4.69, 9.17) is 0 Å². The highest BCUT2D eigenvalue weighted by molar-refractivity contribution is 7.59. The van der Waals surface area contributed by atoms with Crippen LogP contribution in [0.15, 0.2) is 24.3 Å². The summed E-state index contributed by atoms with van der Waals surface area (Å²) in [6.45, 7) is 9.73. The molecule has 0 amide bonds. The summed E-state index contributed by atoms with van der Waals surface area (Å²) >= 11 is 0. The Morgan fingerprint density at radius 2 is 1.56 bits per heavy atom. The third-order valence-corrected chi connectivity index (χ3v) is 7.87. The fourth-order valence-electron chi connectivity index (χ4n) is 3.64. The van der Waals surface area contributed by atoms with Crippen LogP contribution in [0.4, 0.5) is 0 Å². The Morgan fingerprint density at radius 3 is 2.19 bits per heavy atom. The minimum absolute atomic E-state index is 0.191. The number of hydrogen-bond donors (Lipinski definition) is 0. The molecule has 3 unspecified atom stereocenters. The molecule has 0 N–H and O–H groups in total. The number of hydrogen-bond acceptors (Lipinski definition) is 0. The molecule has 0 aliphatic heterocycles. The maximum Gasteiger partial charge on any atom is -0.00994 e. The maximum atomic E-state index is 2.49. The van der Waals surface area contributed by atoms with Crippen LogP contribution in [0.1, 0.15) is 40.5 Å². The molecule has 90 valence electrons. The highest BCUT2D eigenvalue weighted by Gasteiger charge is 2.39. The van der Waals surface area contributed by atoms with Gasteiger partial charge in [-0.3, -0.25) is 0 Å². The summed E-state index contributed by atoms with van der Waals surface area (Å²) in [5.41, 5.74) is 2.76. The van der Waals surface area contributed by atoms with Gasteiger partial charge in [0, 0.05) is 0 Å². The molecule has 0 aromatic carbocycles. The van der Waals surface area contributed by atoms with Gasteiger partial charge in [0.25, 0.3) is 0 Å². The van der Waals surface area contributed by atoms with Crippen molar-refractivity contribution in [3.63, 3.8) is 0 Å². The van der Waals surface area contributed by atoms with Crippen LogP contribution in [0.5, 0.6) is 0 Å². The molecule has 0 heterocycles. The molecule has 1 fully saturated rings. The van der Waals surface area contributed by atoms with Gasteiger partial charge in [-0.2, -0.15) is 0 Å². The Kier molecular flexibility index (Phi) is 3.90. The minimum atomic E-state index is 0.191. The molecule has 0 aromatic rings. The van der Waals surface area contributed by atoms with Crippen molar-refractivity contribution in [1.29, 1.82) is 0 Å². The lowest BCUT2D eigenvalue weighted by Gasteiger charge is -2.36. The molecular formula is C15H25P. The standard InChI is InChI=1S/C15H25P/c1-11(2)16(12(3)4)15-10-9-13-7-5-6-8-14(13)15/h5-8,11-15H,9-10H2,1-4H3. The van der Waals surface area contributed by atoms with Crippen molar-refractivity contribution >= 4 is 7.92 Å². The van der Waals surface area contributed by atoms with E-state index in [1.165, 1.54) is 12.8 Å². The van der Waals surface area contributed by atoms with Gasteiger partial charge in [0.2, 0.25) is 0 Å². The van der Waals surface area contributed by atoms with Crippen LogP contribution in [0, 0.1) is 11.8 Å². The first-order valence-electron chi connectivity index (χ1n) is 6.73. The summed E-state index contributed by atoms with van der Waals surface area (Å²) < 4.78 is 0. The second kappa shape index (κ2) is 5.05. The van der Waals surface area contributed by atoms with Crippen molar-refractivity contribution in [2.45, 2.75) is 57.5 Å². The van der Waals surface area contributed by atoms with Crippen molar-refractivity contribution < 1.29 is 0 Å². The van der Waals surface area contributed by atoms with E-state index >= 15 is 0 Å². The van der Waals surface area contributed by atoms with Crippen LogP contribution in [-0.4, -0.2) is 17.0 Å². The van der Waals surface area contributed by atoms with E-state index in [-0.39, 0.29) is 7.92 Å². The molecule has 0 saturated heterocycles. The largest absolute Gasteiger partial charge is 0.0976 e. The summed E-state index contributed by atoms with van der Waals surface area (Å²) in [5.74, 6) is 1.72. The van der Waals surface area contributed by atoms with Crippen LogP contribution in [0.2, 0.25) is 0 Å². The quantitative estimate of drug-likeness (QED) is 0.617. The van der Waals surface area contributed by atoms with Gasteiger partial charge in [-0.25, -0.2) is 0 Å². The zero-order valence-electron chi connectivity index (χ0n) is 11.1. The fourth-order valence-corrected chi connectivity index (χ4v) is 7.53. The molecule has 1 heteroatoms. The molecule has 0 spiro atoms. The SMILES string of the molecule is CC(C)P(C(C)C)C1CCC2C=CC=CC21. The van der Waals surface area contributed by atoms with E-state index in [9.17, 15) is 0 Å². The van der Waals surface area contributed by atoms with Crippen LogP contribution in [-0.2, 0) is 0 Å². The van der Waals surface area contributed by atoms with E-state index in [1.54, 1.807) is 0 Å². The average molecular weight is 236 g/mol. The number of allylic oxidation sites excluding steroid dienone is 4. The lowest BCUT2D eigenvalue weighted by atomic mass is 9.92. The van der Waals surface area contributed by atoms with Crippen molar-refractivity contribution in [1.82, 2.24) is 0 Å². The molecule has 16 heavy (non-hydrogen) atoms. The van der Waals surface area contributed by atoms with E-state index in [1.807, 2.05) is 0 Å². The van der Waals surface area contributed by atoms with Gasteiger partial charge < -0.3 is 0 Å². The van der Waals surface area contributed by atoms with Gasteiger partial charge in [-0.15, -0.1) is 0 Å². The van der Waals surface area contributed by atoms with Gasteiger partial charge in [0.05, 0.1) is 0 Å². The highest BCUT2D eigenvalue weighted by atomic mass is 31.1. The first-order valence-corrected chi connectivity index (χ1v) is 8.28. The molecule has 2 aliphatic rings. The highest BCUT2D eigenvalue weighted by Crippen LogP contribution is 2.59. The predicted molar refractivity (Wildman–Crippen MR) is 75.5 cm³/mol. The van der Waals surface area contributed by atoms with Gasteiger partial charge >= 0.3 is 0 Å². The molecule has 0 aromatic heterocycles. The molecule has 2 aliphatic carbocycles. The molecule has 2 rings (SSSR count). The van der Waals surface area contributed by atoms with E-state index in [0.29, 0.717) is 0 Å². The minimum Gasteiger partial charge on any atom is -0.0976 e. The second-order valence-electron chi connectivity index (χ2n) is 5.79. The van der Waals surface area contributed by atoms with Crippen molar-refractivity contribution in [2.24, 2.45) is 11.8 Å². The first kappa shape index (κ1) is 12.4. The van der Waals surface area contributed by atoms with Crippen LogP contribution >= 0.6 is 7.92 Å². The number of fused-ring (bicyclic) bond motifs is 1. The summed E-state index contributed by atoms with van der Waals surface area (Å²) in [5, 5.41) is 0. The van der Waals surface area contributed by atoms with E-state index in [2.05, 4.69) is 52.0 Å². The summed E-state index contributed by atoms with van der Waals surface area (Å²) in [6, 6.07) is 0. The molecule has 0 nitrogen and oxygen atoms in total. The molecule has 1 saturated carbocycles. The van der Waals surface area contributed by atoms with Gasteiger partial charge in [-0.05, 0) is 41.7 Å². The summed E-state index contributed by atoms with van der Waals surface area (Å²) in [7, 11) is 0.191. The van der Waals surface area contributed by atoms with Crippen LogP contribution in [0.3, 0.4) is 0 Å². The summed E-state index contributed by atoms with van der Waals surface area (Å²) in [4.78, 5) is 0. The molecule has 3 atom stereocenters. The van der Waals surface area contributed by atoms with Crippen molar-refractivity contribution in [3.05, 3.63) is 24.3 Å². The van der Waals surface area contributed by atoms with Crippen molar-refractivity contribution in [2.75, 3.05) is 0 Å². The first-order chi connectivity index (χ1) is 7.61. The average Bonchev–Trinajstić information content (AvgIpc) is 2.61. The number of rotatable bonds is 3. The van der Waals surface area contributed by atoms with Gasteiger partial charge in [-0.1, -0.05) is 59.9 Å². The Labute approximate surface area is 102 Å².